The zero-order valence-electron chi connectivity index (χ0n) is 18.9. The normalized spacial score (nSPS) is 20.9. The van der Waals surface area contributed by atoms with Crippen molar-refractivity contribution in [3.8, 4) is 0 Å². The third kappa shape index (κ3) is 3.66. The largest absolute Gasteiger partial charge is 0.353 e. The van der Waals surface area contributed by atoms with Crippen LogP contribution >= 0.6 is 0 Å². The fourth-order valence-electron chi connectivity index (χ4n) is 4.95. The summed E-state index contributed by atoms with van der Waals surface area (Å²) in [6.07, 6.45) is 8.63. The minimum atomic E-state index is -3.80. The molecular weight excluding hydrogens is 452 g/mol. The molecule has 1 amide bonds. The van der Waals surface area contributed by atoms with Crippen molar-refractivity contribution < 1.29 is 13.2 Å². The molecule has 176 valence electrons. The van der Waals surface area contributed by atoms with Gasteiger partial charge in [0.25, 0.3) is 10.0 Å². The predicted molar refractivity (Wildman–Crippen MR) is 126 cm³/mol. The minimum absolute atomic E-state index is 0.129. The Kier molecular flexibility index (Phi) is 4.94. The molecule has 0 radical (unpaired) electrons. The number of fused-ring (bicyclic) bond motifs is 3. The first kappa shape index (κ1) is 21.3. The number of rotatable bonds is 6. The Labute approximate surface area is 197 Å². The Morgan fingerprint density at radius 3 is 2.65 bits per heavy atom. The van der Waals surface area contributed by atoms with E-state index >= 15 is 0 Å². The van der Waals surface area contributed by atoms with Crippen LogP contribution in [0, 0.1) is 12.8 Å². The topological polar surface area (TPSA) is 111 Å². The maximum Gasteiger partial charge on any atom is 0.269 e. The van der Waals surface area contributed by atoms with Crippen molar-refractivity contribution in [2.75, 3.05) is 0 Å². The first-order valence-corrected chi connectivity index (χ1v) is 13.2. The van der Waals surface area contributed by atoms with Gasteiger partial charge in [-0.15, -0.1) is 10.2 Å². The Balaban J connectivity index is 1.33. The van der Waals surface area contributed by atoms with Gasteiger partial charge < -0.3 is 5.32 Å². The summed E-state index contributed by atoms with van der Waals surface area (Å²) in [5, 5.41) is 11.9. The molecule has 1 aromatic carbocycles. The van der Waals surface area contributed by atoms with E-state index in [4.69, 9.17) is 0 Å². The molecule has 2 atom stereocenters. The second kappa shape index (κ2) is 7.90. The molecule has 6 rings (SSSR count). The lowest BCUT2D eigenvalue weighted by atomic mass is 10.1. The highest BCUT2D eigenvalue weighted by atomic mass is 32.2. The summed E-state index contributed by atoms with van der Waals surface area (Å²) >= 11 is 0. The van der Waals surface area contributed by atoms with Crippen molar-refractivity contribution >= 4 is 32.7 Å². The van der Waals surface area contributed by atoms with Crippen LogP contribution < -0.4 is 5.32 Å². The Morgan fingerprint density at radius 2 is 1.88 bits per heavy atom. The molecule has 0 aliphatic heterocycles. The predicted octanol–water partition coefficient (Wildman–Crippen LogP) is 3.18. The van der Waals surface area contributed by atoms with Crippen LogP contribution in [0.1, 0.15) is 55.8 Å². The summed E-state index contributed by atoms with van der Waals surface area (Å²) < 4.78 is 29.7. The van der Waals surface area contributed by atoms with Crippen molar-refractivity contribution in [3.05, 3.63) is 54.1 Å². The van der Waals surface area contributed by atoms with Gasteiger partial charge in [-0.25, -0.2) is 17.4 Å². The first-order valence-electron chi connectivity index (χ1n) is 11.7. The number of carbonyl (C=O) groups excluding carboxylic acids is 1. The van der Waals surface area contributed by atoms with Crippen molar-refractivity contribution in [1.82, 2.24) is 28.9 Å². The summed E-state index contributed by atoms with van der Waals surface area (Å²) in [6.45, 7) is 1.92. The zero-order chi connectivity index (χ0) is 23.4. The van der Waals surface area contributed by atoms with E-state index in [0.29, 0.717) is 29.1 Å². The van der Waals surface area contributed by atoms with Gasteiger partial charge in [-0.2, -0.15) is 0 Å². The summed E-state index contributed by atoms with van der Waals surface area (Å²) in [7, 11) is -3.80. The van der Waals surface area contributed by atoms with Gasteiger partial charge in [0.05, 0.1) is 16.6 Å². The maximum absolute atomic E-state index is 13.3. The number of aryl methyl sites for hydroxylation is 1. The molecule has 2 aliphatic rings. The van der Waals surface area contributed by atoms with Gasteiger partial charge in [0.1, 0.15) is 5.82 Å². The molecule has 0 spiro atoms. The number of benzene rings is 1. The van der Waals surface area contributed by atoms with E-state index in [1.807, 2.05) is 11.3 Å². The van der Waals surface area contributed by atoms with E-state index in [-0.39, 0.29) is 22.8 Å². The third-order valence-electron chi connectivity index (χ3n) is 6.97. The number of amides is 1. The van der Waals surface area contributed by atoms with Crippen LogP contribution in [-0.4, -0.2) is 43.9 Å². The van der Waals surface area contributed by atoms with E-state index in [2.05, 4.69) is 20.5 Å². The second-order valence-electron chi connectivity index (χ2n) is 9.57. The van der Waals surface area contributed by atoms with Gasteiger partial charge in [0.15, 0.2) is 11.3 Å². The van der Waals surface area contributed by atoms with Gasteiger partial charge in [-0.3, -0.25) is 9.20 Å². The molecular formula is C24H26N6O3S. The van der Waals surface area contributed by atoms with Gasteiger partial charge in [0, 0.05) is 24.6 Å². The molecule has 1 N–H and O–H groups in total. The molecule has 3 aromatic heterocycles. The van der Waals surface area contributed by atoms with Crippen LogP contribution in [0.25, 0.3) is 16.8 Å². The van der Waals surface area contributed by atoms with E-state index in [1.54, 1.807) is 36.5 Å². The van der Waals surface area contributed by atoms with Gasteiger partial charge in [0.2, 0.25) is 5.91 Å². The van der Waals surface area contributed by atoms with Crippen LogP contribution in [0.5, 0.6) is 0 Å². The molecule has 4 aromatic rings. The molecule has 2 aliphatic carbocycles. The molecule has 2 fully saturated rings. The first-order chi connectivity index (χ1) is 16.4. The third-order valence-corrected chi connectivity index (χ3v) is 8.65. The number of aromatic nitrogens is 5. The van der Waals surface area contributed by atoms with Crippen LogP contribution in [0.15, 0.2) is 47.6 Å². The number of hydrogen-bond acceptors (Lipinski definition) is 6. The SMILES string of the molecule is Cc1ccc(S(=O)(=O)n2ccc3c2ncc2nnc([C@@H]4CC[C@H](NC(=O)CC5CC5)C4)n23)cc1. The lowest BCUT2D eigenvalue weighted by Gasteiger charge is -2.13. The number of nitrogens with one attached hydrogen (secondary N) is 1. The van der Waals surface area contributed by atoms with E-state index in [0.717, 1.165) is 43.5 Å². The highest BCUT2D eigenvalue weighted by Gasteiger charge is 2.32. The van der Waals surface area contributed by atoms with Gasteiger partial charge in [-0.1, -0.05) is 17.7 Å². The zero-order valence-corrected chi connectivity index (χ0v) is 19.7. The second-order valence-corrected chi connectivity index (χ2v) is 11.4. The van der Waals surface area contributed by atoms with Crippen molar-refractivity contribution in [3.63, 3.8) is 0 Å². The summed E-state index contributed by atoms with van der Waals surface area (Å²) in [5.74, 6) is 1.62. The van der Waals surface area contributed by atoms with E-state index in [9.17, 15) is 13.2 Å². The van der Waals surface area contributed by atoms with Crippen molar-refractivity contribution in [2.45, 2.75) is 62.3 Å². The molecule has 0 saturated heterocycles. The Bertz CT molecular complexity index is 1500. The minimum Gasteiger partial charge on any atom is -0.353 e. The van der Waals surface area contributed by atoms with E-state index in [1.165, 1.54) is 10.2 Å². The fraction of sp³-hybridized carbons (Fsp3) is 0.417. The molecule has 2 saturated carbocycles. The summed E-state index contributed by atoms with van der Waals surface area (Å²) in [5.41, 5.74) is 2.55. The summed E-state index contributed by atoms with van der Waals surface area (Å²) in [4.78, 5) is 16.9. The molecule has 34 heavy (non-hydrogen) atoms. The number of hydrogen-bond donors (Lipinski definition) is 1. The Hall–Kier alpha value is -3.27. The smallest absolute Gasteiger partial charge is 0.269 e. The highest BCUT2D eigenvalue weighted by Crippen LogP contribution is 2.36. The molecule has 9 nitrogen and oxygen atoms in total. The molecule has 10 heteroatoms. The number of nitrogens with zero attached hydrogens (tertiary/aromatic N) is 5. The van der Waals surface area contributed by atoms with Crippen LogP contribution in [0.4, 0.5) is 0 Å². The monoisotopic (exact) mass is 478 g/mol. The standard InChI is InChI=1S/C24H26N6O3S/c1-15-2-8-19(9-3-15)34(32,33)29-11-10-20-24(29)25-14-21-27-28-23(30(20)21)17-6-7-18(13-17)26-22(31)12-16-4-5-16/h2-3,8-11,14,16-18H,4-7,12-13H2,1H3,(H,26,31)/t17-,18+/m1/s1. The quantitative estimate of drug-likeness (QED) is 0.456. The Morgan fingerprint density at radius 1 is 1.09 bits per heavy atom. The average molecular weight is 479 g/mol. The molecule has 0 bridgehead atoms. The van der Waals surface area contributed by atoms with Crippen molar-refractivity contribution in [1.29, 1.82) is 0 Å². The fourth-order valence-corrected chi connectivity index (χ4v) is 6.25. The van der Waals surface area contributed by atoms with E-state index < -0.39 is 10.0 Å². The van der Waals surface area contributed by atoms with Crippen molar-refractivity contribution in [2.24, 2.45) is 5.92 Å². The lowest BCUT2D eigenvalue weighted by molar-refractivity contribution is -0.122. The summed E-state index contributed by atoms with van der Waals surface area (Å²) in [6, 6.07) is 8.65. The lowest BCUT2D eigenvalue weighted by Crippen LogP contribution is -2.33. The number of carbonyl (C=O) groups is 1. The van der Waals surface area contributed by atoms with Gasteiger partial charge >= 0.3 is 0 Å². The van der Waals surface area contributed by atoms with Gasteiger partial charge in [-0.05, 0) is 63.1 Å². The van der Waals surface area contributed by atoms with Crippen LogP contribution in [-0.2, 0) is 14.8 Å². The van der Waals surface area contributed by atoms with Crippen LogP contribution in [0.2, 0.25) is 0 Å². The molecule has 3 heterocycles. The highest BCUT2D eigenvalue weighted by molar-refractivity contribution is 7.90. The molecule has 0 unspecified atom stereocenters. The average Bonchev–Trinajstić information content (AvgIpc) is 3.18. The maximum atomic E-state index is 13.3. The van der Waals surface area contributed by atoms with Crippen LogP contribution in [0.3, 0.4) is 0 Å².